The first-order chi connectivity index (χ1) is 14.3. The summed E-state index contributed by atoms with van der Waals surface area (Å²) in [5.74, 6) is 0. The molecule has 0 N–H and O–H groups in total. The van der Waals surface area contributed by atoms with E-state index in [0.29, 0.717) is 0 Å². The van der Waals surface area contributed by atoms with Crippen molar-refractivity contribution in [2.24, 2.45) is 0 Å². The average molecular weight is 372 g/mol. The molecule has 29 heavy (non-hydrogen) atoms. The van der Waals surface area contributed by atoms with E-state index in [1.807, 2.05) is 0 Å². The molecule has 0 aliphatic rings. The third-order valence-electron chi connectivity index (χ3n) is 5.39. The Bertz CT molecular complexity index is 1010. The first-order valence-electron chi connectivity index (χ1n) is 10.3. The molecule has 0 aromatic heterocycles. The molecule has 4 aromatic carbocycles. The Morgan fingerprint density at radius 2 is 0.931 bits per heavy atom. The number of hydrogen-bond acceptors (Lipinski definition) is 0. The zero-order valence-electron chi connectivity index (χ0n) is 16.8. The summed E-state index contributed by atoms with van der Waals surface area (Å²) in [6, 6.07) is 39.2. The van der Waals surface area contributed by atoms with Crippen molar-refractivity contribution < 1.29 is 0 Å². The van der Waals surface area contributed by atoms with Crippen LogP contribution in [0.4, 0.5) is 0 Å². The highest BCUT2D eigenvalue weighted by Crippen LogP contribution is 2.10. The van der Waals surface area contributed by atoms with E-state index < -0.39 is 0 Å². The zero-order valence-corrected chi connectivity index (χ0v) is 16.8. The van der Waals surface area contributed by atoms with Crippen LogP contribution in [0.3, 0.4) is 0 Å². The number of aryl methyl sites for hydroxylation is 1. The quantitative estimate of drug-likeness (QED) is 0.332. The minimum absolute atomic E-state index is 0.247. The van der Waals surface area contributed by atoms with Crippen molar-refractivity contribution in [1.82, 2.24) is 0 Å². The summed E-state index contributed by atoms with van der Waals surface area (Å²) in [6.07, 6.45) is 5.44. The summed E-state index contributed by atoms with van der Waals surface area (Å²) in [5.41, 5.74) is 7.77. The summed E-state index contributed by atoms with van der Waals surface area (Å²) in [5, 5.41) is 0. The summed E-state index contributed by atoms with van der Waals surface area (Å²) >= 11 is 0. The maximum absolute atomic E-state index is 2.25. The van der Waals surface area contributed by atoms with Crippen molar-refractivity contribution >= 4 is 35.3 Å². The van der Waals surface area contributed by atoms with Gasteiger partial charge in [-0.1, -0.05) is 145 Å². The molecule has 0 saturated carbocycles. The second-order valence-corrected chi connectivity index (χ2v) is 7.35. The number of benzene rings is 4. The van der Waals surface area contributed by atoms with Crippen molar-refractivity contribution in [2.45, 2.75) is 13.3 Å². The van der Waals surface area contributed by atoms with Crippen molar-refractivity contribution in [3.05, 3.63) is 126 Å². The Kier molecular flexibility index (Phi) is 6.07. The van der Waals surface area contributed by atoms with Crippen LogP contribution in [-0.2, 0) is 6.42 Å². The molecule has 0 spiro atoms. The molecular weight excluding hydrogens is 347 g/mol. The maximum atomic E-state index is 2.25. The van der Waals surface area contributed by atoms with E-state index in [2.05, 4.69) is 128 Å². The molecule has 0 amide bonds. The predicted molar refractivity (Wildman–Crippen MR) is 129 cm³/mol. The van der Waals surface area contributed by atoms with Crippen LogP contribution >= 0.6 is 0 Å². The minimum atomic E-state index is 0.247. The van der Waals surface area contributed by atoms with Crippen LogP contribution in [0.15, 0.2) is 109 Å². The van der Waals surface area contributed by atoms with Crippen LogP contribution in [0.5, 0.6) is 0 Å². The molecule has 0 saturated heterocycles. The van der Waals surface area contributed by atoms with E-state index in [1.54, 1.807) is 0 Å². The van der Waals surface area contributed by atoms with E-state index in [9.17, 15) is 0 Å². The molecule has 0 unspecified atom stereocenters. The lowest BCUT2D eigenvalue weighted by Gasteiger charge is -2.15. The van der Waals surface area contributed by atoms with Gasteiger partial charge in [-0.25, -0.2) is 0 Å². The molecule has 0 heterocycles. The van der Waals surface area contributed by atoms with Gasteiger partial charge in [0.05, 0.1) is 0 Å². The number of hydrogen-bond donors (Lipinski definition) is 0. The molecule has 0 fully saturated rings. The molecule has 1 heteroatoms. The van der Waals surface area contributed by atoms with Crippen LogP contribution < -0.4 is 16.4 Å². The molecule has 0 radical (unpaired) electrons. The first-order valence-corrected chi connectivity index (χ1v) is 10.3. The standard InChI is InChI=1S/C28H25B/c1-2-23-13-15-24(16-14-23)17-18-25-19-21-28(22-20-25)29(26-9-5-3-6-10-26)27-11-7-4-8-12-27/h3-22H,2H2,1H3/b18-17+. The Balaban J connectivity index is 1.59. The third-order valence-corrected chi connectivity index (χ3v) is 5.39. The Morgan fingerprint density at radius 1 is 0.517 bits per heavy atom. The van der Waals surface area contributed by atoms with Gasteiger partial charge in [0.15, 0.2) is 0 Å². The van der Waals surface area contributed by atoms with Gasteiger partial charge in [0.2, 0.25) is 6.71 Å². The highest BCUT2D eigenvalue weighted by Gasteiger charge is 2.20. The van der Waals surface area contributed by atoms with E-state index in [1.165, 1.54) is 33.1 Å². The van der Waals surface area contributed by atoms with Crippen molar-refractivity contribution in [2.75, 3.05) is 0 Å². The van der Waals surface area contributed by atoms with Gasteiger partial charge in [0.1, 0.15) is 0 Å². The summed E-state index contributed by atoms with van der Waals surface area (Å²) in [4.78, 5) is 0. The van der Waals surface area contributed by atoms with Gasteiger partial charge in [0.25, 0.3) is 0 Å². The van der Waals surface area contributed by atoms with E-state index in [4.69, 9.17) is 0 Å². The Hall–Kier alpha value is -3.32. The normalized spacial score (nSPS) is 10.9. The zero-order chi connectivity index (χ0) is 19.9. The lowest BCUT2D eigenvalue weighted by molar-refractivity contribution is 1.14. The Labute approximate surface area is 174 Å². The summed E-state index contributed by atoms with van der Waals surface area (Å²) in [7, 11) is 0. The molecule has 4 aromatic rings. The molecule has 4 rings (SSSR count). The summed E-state index contributed by atoms with van der Waals surface area (Å²) in [6.45, 7) is 2.43. The highest BCUT2D eigenvalue weighted by molar-refractivity contribution is 6.95. The molecule has 0 aliphatic heterocycles. The van der Waals surface area contributed by atoms with Crippen LogP contribution in [0, 0.1) is 0 Å². The first kappa shape index (κ1) is 19.0. The van der Waals surface area contributed by atoms with Gasteiger partial charge in [-0.3, -0.25) is 0 Å². The van der Waals surface area contributed by atoms with E-state index >= 15 is 0 Å². The molecular formula is C28H25B. The predicted octanol–water partition coefficient (Wildman–Crippen LogP) is 4.94. The third kappa shape index (κ3) is 4.76. The average Bonchev–Trinajstić information content (AvgIpc) is 2.80. The van der Waals surface area contributed by atoms with Gasteiger partial charge in [-0.2, -0.15) is 0 Å². The van der Waals surface area contributed by atoms with Crippen LogP contribution in [0.2, 0.25) is 0 Å². The lowest BCUT2D eigenvalue weighted by Crippen LogP contribution is -2.51. The smallest absolute Gasteiger partial charge is 0.0687 e. The summed E-state index contributed by atoms with van der Waals surface area (Å²) < 4.78 is 0. The van der Waals surface area contributed by atoms with Gasteiger partial charge >= 0.3 is 0 Å². The highest BCUT2D eigenvalue weighted by atomic mass is 14.0. The van der Waals surface area contributed by atoms with Crippen LogP contribution in [0.25, 0.3) is 12.2 Å². The molecule has 0 nitrogen and oxygen atoms in total. The van der Waals surface area contributed by atoms with Crippen LogP contribution in [0.1, 0.15) is 23.6 Å². The Morgan fingerprint density at radius 3 is 1.38 bits per heavy atom. The molecule has 0 atom stereocenters. The minimum Gasteiger partial charge on any atom is -0.0687 e. The topological polar surface area (TPSA) is 0 Å². The van der Waals surface area contributed by atoms with Gasteiger partial charge in [-0.15, -0.1) is 0 Å². The SMILES string of the molecule is CCc1ccc(/C=C/c2ccc(B(c3ccccc3)c3ccccc3)cc2)cc1. The molecule has 140 valence electrons. The number of rotatable bonds is 6. The van der Waals surface area contributed by atoms with Gasteiger partial charge < -0.3 is 0 Å². The molecule has 0 bridgehead atoms. The monoisotopic (exact) mass is 372 g/mol. The van der Waals surface area contributed by atoms with Crippen molar-refractivity contribution in [3.8, 4) is 0 Å². The van der Waals surface area contributed by atoms with Crippen molar-refractivity contribution in [3.63, 3.8) is 0 Å². The van der Waals surface area contributed by atoms with Gasteiger partial charge in [-0.05, 0) is 23.1 Å². The molecule has 0 aliphatic carbocycles. The maximum Gasteiger partial charge on any atom is 0.241 e. The van der Waals surface area contributed by atoms with Gasteiger partial charge in [0, 0.05) is 0 Å². The fraction of sp³-hybridized carbons (Fsp3) is 0.0714. The fourth-order valence-corrected chi connectivity index (χ4v) is 3.72. The van der Waals surface area contributed by atoms with E-state index in [0.717, 1.165) is 6.42 Å². The second-order valence-electron chi connectivity index (χ2n) is 7.35. The van der Waals surface area contributed by atoms with E-state index in [-0.39, 0.29) is 6.71 Å². The van der Waals surface area contributed by atoms with Crippen molar-refractivity contribution in [1.29, 1.82) is 0 Å². The van der Waals surface area contributed by atoms with Crippen LogP contribution in [-0.4, -0.2) is 6.71 Å². The fourth-order valence-electron chi connectivity index (χ4n) is 3.72. The lowest BCUT2D eigenvalue weighted by atomic mass is 9.37. The largest absolute Gasteiger partial charge is 0.241 e. The second kappa shape index (κ2) is 9.25.